The van der Waals surface area contributed by atoms with Gasteiger partial charge in [-0.2, -0.15) is 13.2 Å². The van der Waals surface area contributed by atoms with Gasteiger partial charge in [0, 0.05) is 26.2 Å². The molecule has 0 atom stereocenters. The summed E-state index contributed by atoms with van der Waals surface area (Å²) >= 11 is 0. The van der Waals surface area contributed by atoms with Crippen LogP contribution < -0.4 is 10.2 Å². The first-order chi connectivity index (χ1) is 12.4. The second-order valence-corrected chi connectivity index (χ2v) is 6.41. The van der Waals surface area contributed by atoms with E-state index in [0.29, 0.717) is 22.6 Å². The van der Waals surface area contributed by atoms with Crippen LogP contribution in [0.25, 0.3) is 11.0 Å². The van der Waals surface area contributed by atoms with Gasteiger partial charge in [-0.1, -0.05) is 6.07 Å². The Balaban J connectivity index is 1.85. The number of halogens is 3. The highest BCUT2D eigenvalue weighted by molar-refractivity contribution is 5.89. The lowest BCUT2D eigenvalue weighted by Crippen LogP contribution is -2.43. The van der Waals surface area contributed by atoms with Crippen LogP contribution in [0.4, 0.5) is 18.9 Å². The molecule has 1 N–H and O–H groups in total. The minimum atomic E-state index is -4.54. The number of nitrogens with one attached hydrogen (secondary N) is 1. The molecule has 1 saturated heterocycles. The molecule has 0 bridgehead atoms. The first-order valence-electron chi connectivity index (χ1n) is 8.51. The van der Waals surface area contributed by atoms with E-state index in [1.165, 1.54) is 4.57 Å². The molecule has 8 heteroatoms. The van der Waals surface area contributed by atoms with Gasteiger partial charge >= 0.3 is 6.18 Å². The largest absolute Gasteiger partial charge is 0.464 e. The Bertz CT molecular complexity index is 922. The maximum atomic E-state index is 13.6. The van der Waals surface area contributed by atoms with Gasteiger partial charge in [0.05, 0.1) is 17.7 Å². The van der Waals surface area contributed by atoms with Crippen molar-refractivity contribution in [3.8, 4) is 0 Å². The normalized spacial score (nSPS) is 15.8. The zero-order chi connectivity index (χ0) is 18.3. The summed E-state index contributed by atoms with van der Waals surface area (Å²) in [5, 5.41) is 3.25. The molecule has 0 amide bonds. The minimum Gasteiger partial charge on any atom is -0.464 e. The average molecular weight is 364 g/mol. The van der Waals surface area contributed by atoms with E-state index in [2.05, 4.69) is 15.2 Å². The second kappa shape index (κ2) is 6.35. The summed E-state index contributed by atoms with van der Waals surface area (Å²) in [5.74, 6) is 0.239. The number of alkyl halides is 3. The SMILES string of the molecule is Cc1ccc(Cn2c(C(F)(F)F)nc3c(N4CCNCC4)cccc32)o1. The van der Waals surface area contributed by atoms with Crippen LogP contribution in [0.1, 0.15) is 17.3 Å². The Kier molecular flexibility index (Phi) is 4.14. The molecule has 138 valence electrons. The van der Waals surface area contributed by atoms with E-state index in [4.69, 9.17) is 4.42 Å². The number of aryl methyl sites for hydroxylation is 1. The maximum absolute atomic E-state index is 13.6. The van der Waals surface area contributed by atoms with Crippen LogP contribution in [-0.2, 0) is 12.7 Å². The monoisotopic (exact) mass is 364 g/mol. The first kappa shape index (κ1) is 17.0. The fourth-order valence-corrected chi connectivity index (χ4v) is 3.40. The van der Waals surface area contributed by atoms with E-state index in [1.54, 1.807) is 31.2 Å². The summed E-state index contributed by atoms with van der Waals surface area (Å²) < 4.78 is 47.6. The Morgan fingerprint density at radius 2 is 1.92 bits per heavy atom. The van der Waals surface area contributed by atoms with E-state index in [9.17, 15) is 13.2 Å². The third kappa shape index (κ3) is 3.05. The highest BCUT2D eigenvalue weighted by Gasteiger charge is 2.38. The first-order valence-corrected chi connectivity index (χ1v) is 8.51. The molecular formula is C18H19F3N4O. The molecule has 0 radical (unpaired) electrons. The van der Waals surface area contributed by atoms with Gasteiger partial charge < -0.3 is 19.2 Å². The van der Waals surface area contributed by atoms with Crippen LogP contribution in [0, 0.1) is 6.92 Å². The van der Waals surface area contributed by atoms with Crippen molar-refractivity contribution in [2.75, 3.05) is 31.1 Å². The van der Waals surface area contributed by atoms with Gasteiger partial charge in [-0.25, -0.2) is 4.98 Å². The van der Waals surface area contributed by atoms with Crippen molar-refractivity contribution in [2.45, 2.75) is 19.6 Å². The van der Waals surface area contributed by atoms with E-state index < -0.39 is 12.0 Å². The van der Waals surface area contributed by atoms with Crippen LogP contribution in [0.3, 0.4) is 0 Å². The van der Waals surface area contributed by atoms with Crippen LogP contribution >= 0.6 is 0 Å². The zero-order valence-electron chi connectivity index (χ0n) is 14.3. The molecule has 0 spiro atoms. The van der Waals surface area contributed by atoms with Gasteiger partial charge in [-0.15, -0.1) is 0 Å². The van der Waals surface area contributed by atoms with Crippen molar-refractivity contribution in [2.24, 2.45) is 0 Å². The predicted molar refractivity (Wildman–Crippen MR) is 92.4 cm³/mol. The summed E-state index contributed by atoms with van der Waals surface area (Å²) in [6.07, 6.45) is -4.54. The van der Waals surface area contributed by atoms with E-state index in [1.807, 2.05) is 6.07 Å². The topological polar surface area (TPSA) is 46.2 Å². The van der Waals surface area contributed by atoms with Crippen LogP contribution in [0.15, 0.2) is 34.7 Å². The fourth-order valence-electron chi connectivity index (χ4n) is 3.40. The van der Waals surface area contributed by atoms with Crippen molar-refractivity contribution in [1.29, 1.82) is 0 Å². The van der Waals surface area contributed by atoms with Crippen molar-refractivity contribution in [1.82, 2.24) is 14.9 Å². The van der Waals surface area contributed by atoms with Crippen LogP contribution in [0.5, 0.6) is 0 Å². The van der Waals surface area contributed by atoms with Crippen molar-refractivity contribution in [3.63, 3.8) is 0 Å². The second-order valence-electron chi connectivity index (χ2n) is 6.41. The number of para-hydroxylation sites is 1. The summed E-state index contributed by atoms with van der Waals surface area (Å²) in [7, 11) is 0. The van der Waals surface area contributed by atoms with Gasteiger partial charge in [0.15, 0.2) is 0 Å². The molecule has 0 unspecified atom stereocenters. The highest BCUT2D eigenvalue weighted by Crippen LogP contribution is 2.35. The van der Waals surface area contributed by atoms with Gasteiger partial charge in [0.25, 0.3) is 0 Å². The molecule has 3 heterocycles. The van der Waals surface area contributed by atoms with E-state index in [-0.39, 0.29) is 6.54 Å². The number of nitrogens with zero attached hydrogens (tertiary/aromatic N) is 3. The molecule has 26 heavy (non-hydrogen) atoms. The number of fused-ring (bicyclic) bond motifs is 1. The molecule has 1 fully saturated rings. The number of hydrogen-bond acceptors (Lipinski definition) is 4. The Morgan fingerprint density at radius 1 is 1.15 bits per heavy atom. The molecule has 5 nitrogen and oxygen atoms in total. The smallest absolute Gasteiger partial charge is 0.449 e. The minimum absolute atomic E-state index is 0.00973. The number of aromatic nitrogens is 2. The summed E-state index contributed by atoms with van der Waals surface area (Å²) in [5.41, 5.74) is 1.58. The lowest BCUT2D eigenvalue weighted by molar-refractivity contribution is -0.146. The van der Waals surface area contributed by atoms with Crippen LogP contribution in [0.2, 0.25) is 0 Å². The average Bonchev–Trinajstić information content (AvgIpc) is 3.19. The molecule has 0 aliphatic carbocycles. The number of furan rings is 1. The van der Waals surface area contributed by atoms with Gasteiger partial charge in [0.1, 0.15) is 17.0 Å². The molecule has 1 aliphatic heterocycles. The quantitative estimate of drug-likeness (QED) is 0.774. The predicted octanol–water partition coefficient (Wildman–Crippen LogP) is 3.41. The summed E-state index contributed by atoms with van der Waals surface area (Å²) in [4.78, 5) is 6.07. The zero-order valence-corrected chi connectivity index (χ0v) is 14.3. The molecule has 1 aromatic carbocycles. The van der Waals surface area contributed by atoms with Crippen molar-refractivity contribution >= 4 is 16.7 Å². The van der Waals surface area contributed by atoms with Crippen LogP contribution in [-0.4, -0.2) is 35.7 Å². The van der Waals surface area contributed by atoms with E-state index in [0.717, 1.165) is 31.9 Å². The van der Waals surface area contributed by atoms with E-state index >= 15 is 0 Å². The number of imidazole rings is 1. The molecule has 0 saturated carbocycles. The highest BCUT2D eigenvalue weighted by atomic mass is 19.4. The number of rotatable bonds is 3. The molecule has 4 rings (SSSR count). The Morgan fingerprint density at radius 3 is 2.58 bits per heavy atom. The molecular weight excluding hydrogens is 345 g/mol. The lowest BCUT2D eigenvalue weighted by Gasteiger charge is -2.29. The molecule has 3 aromatic rings. The number of hydrogen-bond donors (Lipinski definition) is 1. The third-order valence-corrected chi connectivity index (χ3v) is 4.58. The molecule has 2 aromatic heterocycles. The number of anilines is 1. The maximum Gasteiger partial charge on any atom is 0.449 e. The third-order valence-electron chi connectivity index (χ3n) is 4.58. The van der Waals surface area contributed by atoms with Gasteiger partial charge in [-0.05, 0) is 31.2 Å². The van der Waals surface area contributed by atoms with Gasteiger partial charge in [0.2, 0.25) is 5.82 Å². The van der Waals surface area contributed by atoms with Gasteiger partial charge in [-0.3, -0.25) is 0 Å². The fraction of sp³-hybridized carbons (Fsp3) is 0.389. The number of benzene rings is 1. The Hall–Kier alpha value is -2.48. The number of piperazine rings is 1. The van der Waals surface area contributed by atoms with Crippen molar-refractivity contribution < 1.29 is 17.6 Å². The Labute approximate surface area is 148 Å². The summed E-state index contributed by atoms with van der Waals surface area (Å²) in [6, 6.07) is 8.74. The molecule has 1 aliphatic rings. The lowest BCUT2D eigenvalue weighted by atomic mass is 10.2. The standard InChI is InChI=1S/C18H19F3N4O/c1-12-5-6-13(26-12)11-25-15-4-2-3-14(24-9-7-22-8-10-24)16(15)23-17(25)18(19,20)21/h2-6,22H,7-11H2,1H3. The summed E-state index contributed by atoms with van der Waals surface area (Å²) in [6.45, 7) is 4.84. The van der Waals surface area contributed by atoms with Crippen molar-refractivity contribution in [3.05, 3.63) is 47.7 Å².